The minimum atomic E-state index is -0.171. The van der Waals surface area contributed by atoms with E-state index in [-0.39, 0.29) is 58.4 Å². The van der Waals surface area contributed by atoms with E-state index in [0.717, 1.165) is 0 Å². The van der Waals surface area contributed by atoms with E-state index < -0.39 is 0 Å². The first-order valence-corrected chi connectivity index (χ1v) is 5.80. The molecule has 0 aromatic rings. The number of hydrogen-bond donors (Lipinski definition) is 0. The van der Waals surface area contributed by atoms with Crippen LogP contribution >= 0.6 is 0 Å². The van der Waals surface area contributed by atoms with Crippen LogP contribution in [0.2, 0.25) is 15.8 Å². The minimum absolute atomic E-state index is 0. The van der Waals surface area contributed by atoms with E-state index >= 15 is 0 Å². The summed E-state index contributed by atoms with van der Waals surface area (Å²) >= 11 is -0.171. The van der Waals surface area contributed by atoms with Gasteiger partial charge in [0.1, 0.15) is 0 Å². The standard InChI is InChI=1S/3C2H5.Al.2ClH.Zn/c3*1-2;;;;/h3*1H2,2H3;;2*1H;/q;;;;;;+2/p-2. The predicted octanol–water partition coefficient (Wildman–Crippen LogP) is -3.45. The average molecular weight is 250 g/mol. The summed E-state index contributed by atoms with van der Waals surface area (Å²) in [6, 6.07) is 0. The zero-order valence-corrected chi connectivity index (χ0v) is 12.8. The van der Waals surface area contributed by atoms with E-state index in [0.29, 0.717) is 0 Å². The molecule has 0 aliphatic heterocycles. The fourth-order valence-corrected chi connectivity index (χ4v) is 2.60. The van der Waals surface area contributed by atoms with Gasteiger partial charge < -0.3 is 24.8 Å². The summed E-state index contributed by atoms with van der Waals surface area (Å²) < 4.78 is 0. The maximum Gasteiger partial charge on any atom is 2.00 e. The van der Waals surface area contributed by atoms with Gasteiger partial charge in [0, 0.05) is 0 Å². The van der Waals surface area contributed by atoms with Crippen molar-refractivity contribution in [2.24, 2.45) is 0 Å². The Morgan fingerprint density at radius 2 is 1.00 bits per heavy atom. The van der Waals surface area contributed by atoms with Crippen molar-refractivity contribution in [2.75, 3.05) is 0 Å². The van der Waals surface area contributed by atoms with E-state index in [4.69, 9.17) is 0 Å². The zero-order chi connectivity index (χ0) is 5.70. The normalized spacial score (nSPS) is 6.30. The van der Waals surface area contributed by atoms with Crippen LogP contribution in [-0.4, -0.2) is 14.1 Å². The van der Waals surface area contributed by atoms with Gasteiger partial charge in [-0.25, -0.2) is 0 Å². The van der Waals surface area contributed by atoms with Gasteiger partial charge in [0.25, 0.3) is 14.1 Å². The van der Waals surface area contributed by atoms with Crippen LogP contribution in [-0.2, 0) is 19.5 Å². The van der Waals surface area contributed by atoms with Crippen LogP contribution < -0.4 is 24.8 Å². The van der Waals surface area contributed by atoms with E-state index in [1.54, 1.807) is 0 Å². The molecule has 0 saturated heterocycles. The van der Waals surface area contributed by atoms with E-state index in [1.165, 1.54) is 15.8 Å². The Labute approximate surface area is 94.5 Å². The van der Waals surface area contributed by atoms with Crippen molar-refractivity contribution in [1.29, 1.82) is 0 Å². The smallest absolute Gasteiger partial charge is 1.00 e. The first kappa shape index (κ1) is 22.6. The van der Waals surface area contributed by atoms with Crippen LogP contribution in [0.4, 0.5) is 0 Å². The topological polar surface area (TPSA) is 0 Å². The van der Waals surface area contributed by atoms with E-state index in [9.17, 15) is 0 Å². The fraction of sp³-hybridized carbons (Fsp3) is 1.00. The Morgan fingerprint density at radius 3 is 1.00 bits per heavy atom. The quantitative estimate of drug-likeness (QED) is 0.457. The van der Waals surface area contributed by atoms with Gasteiger partial charge >= 0.3 is 19.5 Å². The van der Waals surface area contributed by atoms with Gasteiger partial charge in [-0.2, -0.15) is 0 Å². The molecular formula is C6H15AlCl2Zn. The molecule has 58 valence electrons. The summed E-state index contributed by atoms with van der Waals surface area (Å²) in [5.74, 6) is 0. The van der Waals surface area contributed by atoms with Gasteiger partial charge in [0.15, 0.2) is 0 Å². The maximum absolute atomic E-state index is 2.32. The second-order valence-corrected chi connectivity index (χ2v) is 6.27. The number of halogens is 2. The number of hydrogen-bond acceptors (Lipinski definition) is 0. The second kappa shape index (κ2) is 17.0. The van der Waals surface area contributed by atoms with Crippen LogP contribution in [0.3, 0.4) is 0 Å². The van der Waals surface area contributed by atoms with Crippen molar-refractivity contribution in [3.63, 3.8) is 0 Å². The van der Waals surface area contributed by atoms with E-state index in [1.807, 2.05) is 0 Å². The van der Waals surface area contributed by atoms with Crippen molar-refractivity contribution in [1.82, 2.24) is 0 Å². The van der Waals surface area contributed by atoms with Crippen molar-refractivity contribution >= 4 is 14.1 Å². The second-order valence-electron chi connectivity index (χ2n) is 2.09. The monoisotopic (exact) mass is 248 g/mol. The van der Waals surface area contributed by atoms with Crippen LogP contribution in [0.25, 0.3) is 0 Å². The Hall–Kier alpha value is 1.74. The molecule has 0 spiro atoms. The van der Waals surface area contributed by atoms with Crippen molar-refractivity contribution in [2.45, 2.75) is 36.6 Å². The Bertz CT molecular complexity index is 37.2. The molecule has 0 aromatic carbocycles. The summed E-state index contributed by atoms with van der Waals surface area (Å²) in [5.41, 5.74) is 0. The summed E-state index contributed by atoms with van der Waals surface area (Å²) in [4.78, 5) is 0. The SMILES string of the molecule is C[CH2][Al]([CH2]C)[CH2]C.[Cl-].[Cl-].[Zn+2]. The third kappa shape index (κ3) is 12.4. The Balaban J connectivity index is -0.0000000600. The minimum Gasteiger partial charge on any atom is -1.00 e. The number of rotatable bonds is 3. The molecule has 0 saturated carbocycles. The molecule has 0 heterocycles. The Kier molecular flexibility index (Phi) is 38.4. The summed E-state index contributed by atoms with van der Waals surface area (Å²) in [6.07, 6.45) is 0. The molecule has 0 atom stereocenters. The van der Waals surface area contributed by atoms with Crippen LogP contribution in [0.5, 0.6) is 0 Å². The molecule has 0 rings (SSSR count). The van der Waals surface area contributed by atoms with Gasteiger partial charge in [-0.3, -0.25) is 0 Å². The molecular weight excluding hydrogens is 235 g/mol. The largest absolute Gasteiger partial charge is 2.00 e. The van der Waals surface area contributed by atoms with Gasteiger partial charge in [-0.05, 0) is 0 Å². The van der Waals surface area contributed by atoms with Crippen LogP contribution in [0, 0.1) is 0 Å². The molecule has 0 N–H and O–H groups in total. The molecule has 0 amide bonds. The maximum atomic E-state index is 2.32. The van der Waals surface area contributed by atoms with Crippen molar-refractivity contribution < 1.29 is 44.3 Å². The van der Waals surface area contributed by atoms with Gasteiger partial charge in [-0.15, -0.1) is 0 Å². The molecule has 0 radical (unpaired) electrons. The molecule has 0 aliphatic rings. The molecule has 0 aromatic heterocycles. The first-order chi connectivity index (χ1) is 3.35. The Morgan fingerprint density at radius 1 is 0.800 bits per heavy atom. The average Bonchev–Trinajstić information content (AvgIpc) is 1.72. The van der Waals surface area contributed by atoms with Crippen molar-refractivity contribution in [3.8, 4) is 0 Å². The molecule has 10 heavy (non-hydrogen) atoms. The third-order valence-corrected chi connectivity index (χ3v) is 5.20. The summed E-state index contributed by atoms with van der Waals surface area (Å²) in [7, 11) is 0. The van der Waals surface area contributed by atoms with Crippen LogP contribution in [0.15, 0.2) is 0 Å². The third-order valence-electron chi connectivity index (χ3n) is 1.73. The molecule has 0 unspecified atom stereocenters. The molecule has 0 nitrogen and oxygen atoms in total. The van der Waals surface area contributed by atoms with Crippen molar-refractivity contribution in [3.05, 3.63) is 0 Å². The van der Waals surface area contributed by atoms with Gasteiger partial charge in [-0.1, -0.05) is 36.6 Å². The summed E-state index contributed by atoms with van der Waals surface area (Å²) in [5, 5.41) is 4.48. The van der Waals surface area contributed by atoms with Crippen LogP contribution in [0.1, 0.15) is 20.8 Å². The van der Waals surface area contributed by atoms with E-state index in [2.05, 4.69) is 20.8 Å². The predicted molar refractivity (Wildman–Crippen MR) is 37.2 cm³/mol. The van der Waals surface area contributed by atoms with Gasteiger partial charge in [0.05, 0.1) is 0 Å². The van der Waals surface area contributed by atoms with Gasteiger partial charge in [0.2, 0.25) is 0 Å². The summed E-state index contributed by atoms with van der Waals surface area (Å²) in [6.45, 7) is 6.97. The first-order valence-electron chi connectivity index (χ1n) is 3.35. The molecule has 0 aliphatic carbocycles. The molecule has 0 bridgehead atoms. The molecule has 0 fully saturated rings. The zero-order valence-electron chi connectivity index (χ0n) is 7.16. The fourth-order valence-electron chi connectivity index (χ4n) is 0.866. The molecule has 4 heteroatoms.